The molecular weight excluding hydrogens is 703 g/mol. The van der Waals surface area contributed by atoms with E-state index in [1.807, 2.05) is 99.8 Å². The van der Waals surface area contributed by atoms with E-state index < -0.39 is 5.63 Å². The molecule has 0 unspecified atom stereocenters. The Labute approximate surface area is 325 Å². The first kappa shape index (κ1) is 37.7. The molecule has 8 rings (SSSR count). The molecule has 56 heavy (non-hydrogen) atoms. The van der Waals surface area contributed by atoms with Gasteiger partial charge in [-0.05, 0) is 78.1 Å². The molecule has 0 aliphatic heterocycles. The molecule has 7 aromatic rings. The first-order chi connectivity index (χ1) is 27.2. The third-order valence-electron chi connectivity index (χ3n) is 10.2. The van der Waals surface area contributed by atoms with Gasteiger partial charge in [0.25, 0.3) is 11.8 Å². The van der Waals surface area contributed by atoms with Crippen LogP contribution in [0, 0.1) is 5.92 Å². The van der Waals surface area contributed by atoms with Crippen molar-refractivity contribution in [2.45, 2.75) is 32.1 Å². The van der Waals surface area contributed by atoms with E-state index in [1.54, 1.807) is 36.7 Å². The molecule has 3 heterocycles. The lowest BCUT2D eigenvalue weighted by molar-refractivity contribution is 0.0939. The molecule has 4 aromatic carbocycles. The smallest absolute Gasteiger partial charge is 0.365 e. The van der Waals surface area contributed by atoms with E-state index >= 15 is 0 Å². The molecule has 11 heteroatoms. The van der Waals surface area contributed by atoms with E-state index in [2.05, 4.69) is 36.6 Å². The topological polar surface area (TPSA) is 134 Å². The quantitative estimate of drug-likeness (QED) is 0.157. The minimum atomic E-state index is -0.476. The van der Waals surface area contributed by atoms with Gasteiger partial charge in [-0.15, -0.1) is 0 Å². The molecule has 1 aliphatic carbocycles. The fraction of sp³-hybridized carbons (Fsp3) is 0.244. The van der Waals surface area contributed by atoms with Gasteiger partial charge in [-0.25, -0.2) is 19.7 Å². The van der Waals surface area contributed by atoms with Gasteiger partial charge < -0.3 is 24.9 Å². The molecule has 0 radical (unpaired) electrons. The number of pyridine rings is 2. The zero-order valence-electron chi connectivity index (χ0n) is 32.1. The molecule has 2 amide bonds. The molecule has 3 aromatic heterocycles. The summed E-state index contributed by atoms with van der Waals surface area (Å²) in [7, 11) is 7.97. The number of rotatable bonds is 8. The van der Waals surface area contributed by atoms with Crippen molar-refractivity contribution in [1.82, 2.24) is 20.3 Å². The number of nitrogens with zero attached hydrogens (tertiary/aromatic N) is 5. The summed E-state index contributed by atoms with van der Waals surface area (Å²) in [5.74, 6) is 0.318. The maximum absolute atomic E-state index is 13.2. The van der Waals surface area contributed by atoms with Gasteiger partial charge in [0.1, 0.15) is 5.52 Å². The predicted molar refractivity (Wildman–Crippen MR) is 225 cm³/mol. The van der Waals surface area contributed by atoms with E-state index in [0.717, 1.165) is 51.3 Å². The van der Waals surface area contributed by atoms with E-state index in [0.29, 0.717) is 35.1 Å². The Morgan fingerprint density at radius 1 is 0.696 bits per heavy atom. The summed E-state index contributed by atoms with van der Waals surface area (Å²) in [6.07, 6.45) is 9.18. The number of amides is 2. The molecular formula is C45H45N7O4. The van der Waals surface area contributed by atoms with Crippen molar-refractivity contribution in [2.75, 3.05) is 49.9 Å². The highest BCUT2D eigenvalue weighted by atomic mass is 16.4. The second kappa shape index (κ2) is 16.8. The van der Waals surface area contributed by atoms with Crippen LogP contribution < -0.4 is 26.1 Å². The average molecular weight is 748 g/mol. The molecule has 284 valence electrons. The van der Waals surface area contributed by atoms with Crippen LogP contribution in [0.3, 0.4) is 0 Å². The molecule has 0 atom stereocenters. The Bertz CT molecular complexity index is 2600. The van der Waals surface area contributed by atoms with Crippen molar-refractivity contribution >= 4 is 61.5 Å². The summed E-state index contributed by atoms with van der Waals surface area (Å²) in [5.41, 5.74) is 4.45. The maximum atomic E-state index is 13.2. The summed E-state index contributed by atoms with van der Waals surface area (Å²) >= 11 is 0. The molecule has 2 N–H and O–H groups in total. The third kappa shape index (κ3) is 8.07. The predicted octanol–water partition coefficient (Wildman–Crippen LogP) is 8.33. The summed E-state index contributed by atoms with van der Waals surface area (Å²) in [6.45, 7) is 0.652. The van der Waals surface area contributed by atoms with Gasteiger partial charge in [-0.2, -0.15) is 0 Å². The maximum Gasteiger partial charge on any atom is 0.365 e. The second-order valence-electron chi connectivity index (χ2n) is 14.4. The minimum Gasteiger partial charge on any atom is -0.402 e. The first-order valence-electron chi connectivity index (χ1n) is 18.9. The SMILES string of the molecule is CN(C)c1ccc(-c2nc3cccnc3c(=O)o2)c2ccccc12.CN(C)c1ccc(C(=O)Nc2cccnc2C(=O)NCC2CCCCC2)c2ccccc12. The lowest BCUT2D eigenvalue weighted by Crippen LogP contribution is -2.31. The molecule has 1 fully saturated rings. The van der Waals surface area contributed by atoms with Crippen LogP contribution >= 0.6 is 0 Å². The van der Waals surface area contributed by atoms with Gasteiger partial charge in [-0.1, -0.05) is 67.8 Å². The number of carbonyl (C=O) groups excluding carboxylic acids is 2. The monoisotopic (exact) mass is 747 g/mol. The van der Waals surface area contributed by atoms with Crippen molar-refractivity contribution < 1.29 is 14.0 Å². The van der Waals surface area contributed by atoms with Crippen molar-refractivity contribution in [1.29, 1.82) is 0 Å². The highest BCUT2D eigenvalue weighted by Gasteiger charge is 2.20. The number of fused-ring (bicyclic) bond motifs is 3. The largest absolute Gasteiger partial charge is 0.402 e. The van der Waals surface area contributed by atoms with Gasteiger partial charge in [0, 0.05) is 80.4 Å². The van der Waals surface area contributed by atoms with Crippen LogP contribution in [0.5, 0.6) is 0 Å². The Morgan fingerprint density at radius 3 is 2.04 bits per heavy atom. The lowest BCUT2D eigenvalue weighted by atomic mass is 9.89. The normalized spacial score (nSPS) is 12.9. The number of aromatic nitrogens is 3. The molecule has 0 bridgehead atoms. The number of anilines is 3. The van der Waals surface area contributed by atoms with E-state index in [1.165, 1.54) is 19.3 Å². The zero-order valence-corrected chi connectivity index (χ0v) is 32.1. The number of hydrogen-bond donors (Lipinski definition) is 2. The number of carbonyl (C=O) groups is 2. The van der Waals surface area contributed by atoms with Crippen LogP contribution in [0.1, 0.15) is 53.0 Å². The van der Waals surface area contributed by atoms with Crippen molar-refractivity contribution in [3.8, 4) is 11.5 Å². The standard InChI is InChI=1S/C26H30N4O2.C19H15N3O2/c1-30(2)23-15-14-21(19-11-6-7-12-20(19)23)25(31)29-22-13-8-16-27-24(22)26(32)28-17-18-9-4-3-5-10-18;1-22(2)16-10-9-14(12-6-3-4-7-13(12)16)18-21-15-8-5-11-20-17(15)19(23)24-18/h6-8,11-16,18H,3-5,9-10,17H2,1-2H3,(H,28,32)(H,29,31);3-11H,1-2H3. The Morgan fingerprint density at radius 2 is 1.32 bits per heavy atom. The van der Waals surface area contributed by atoms with Gasteiger partial charge in [0.05, 0.1) is 5.69 Å². The second-order valence-corrected chi connectivity index (χ2v) is 14.4. The molecule has 0 saturated heterocycles. The first-order valence-corrected chi connectivity index (χ1v) is 18.9. The van der Waals surface area contributed by atoms with Crippen LogP contribution in [0.2, 0.25) is 0 Å². The lowest BCUT2D eigenvalue weighted by Gasteiger charge is -2.22. The van der Waals surface area contributed by atoms with Crippen molar-refractivity contribution in [2.24, 2.45) is 5.92 Å². The van der Waals surface area contributed by atoms with Gasteiger partial charge >= 0.3 is 5.63 Å². The van der Waals surface area contributed by atoms with Crippen LogP contribution in [0.15, 0.2) is 119 Å². The van der Waals surface area contributed by atoms with Crippen LogP contribution in [0.4, 0.5) is 17.1 Å². The van der Waals surface area contributed by atoms with E-state index in [-0.39, 0.29) is 23.0 Å². The number of benzene rings is 4. The number of nitrogens with one attached hydrogen (secondary N) is 2. The summed E-state index contributed by atoms with van der Waals surface area (Å²) in [5, 5.41) is 9.86. The Balaban J connectivity index is 0.000000178. The Hall–Kier alpha value is -6.62. The fourth-order valence-electron chi connectivity index (χ4n) is 7.35. The van der Waals surface area contributed by atoms with Crippen LogP contribution in [-0.2, 0) is 0 Å². The molecule has 11 nitrogen and oxygen atoms in total. The van der Waals surface area contributed by atoms with Crippen molar-refractivity contribution in [3.63, 3.8) is 0 Å². The van der Waals surface area contributed by atoms with E-state index in [4.69, 9.17) is 4.42 Å². The fourth-order valence-corrected chi connectivity index (χ4v) is 7.35. The number of hydrogen-bond acceptors (Lipinski definition) is 9. The average Bonchev–Trinajstić information content (AvgIpc) is 3.22. The van der Waals surface area contributed by atoms with E-state index in [9.17, 15) is 14.4 Å². The highest BCUT2D eigenvalue weighted by molar-refractivity contribution is 6.16. The van der Waals surface area contributed by atoms with Crippen molar-refractivity contribution in [3.05, 3.63) is 131 Å². The molecule has 0 spiro atoms. The van der Waals surface area contributed by atoms with Gasteiger partial charge in [0.15, 0.2) is 11.2 Å². The molecule has 1 aliphatic rings. The van der Waals surface area contributed by atoms with Gasteiger partial charge in [0.2, 0.25) is 5.89 Å². The van der Waals surface area contributed by atoms with Gasteiger partial charge in [-0.3, -0.25) is 9.59 Å². The van der Waals surface area contributed by atoms with Crippen LogP contribution in [-0.4, -0.2) is 61.5 Å². The highest BCUT2D eigenvalue weighted by Crippen LogP contribution is 2.34. The van der Waals surface area contributed by atoms with Crippen LogP contribution in [0.25, 0.3) is 44.0 Å². The third-order valence-corrected chi connectivity index (χ3v) is 10.2. The minimum absolute atomic E-state index is 0.242. The summed E-state index contributed by atoms with van der Waals surface area (Å²) in [6, 6.07) is 30.5. The molecule has 1 saturated carbocycles. The Kier molecular flexibility index (Phi) is 11.3. The summed E-state index contributed by atoms with van der Waals surface area (Å²) < 4.78 is 5.44. The summed E-state index contributed by atoms with van der Waals surface area (Å²) in [4.78, 5) is 55.1. The zero-order chi connectivity index (χ0) is 39.2.